The molecule has 0 aliphatic rings. The van der Waals surface area contributed by atoms with Crippen LogP contribution in [0.15, 0.2) is 31.6 Å². The van der Waals surface area contributed by atoms with Crippen LogP contribution in [0.2, 0.25) is 0 Å². The van der Waals surface area contributed by atoms with Crippen molar-refractivity contribution in [2.24, 2.45) is 0 Å². The van der Waals surface area contributed by atoms with Gasteiger partial charge < -0.3 is 9.73 Å². The Balaban J connectivity index is 2.46. The van der Waals surface area contributed by atoms with E-state index in [1.807, 2.05) is 13.1 Å². The molecule has 2 nitrogen and oxygen atoms in total. The smallest absolute Gasteiger partial charge is 0.148 e. The molecule has 0 saturated carbocycles. The number of nitrogens with one attached hydrogen (secondary N) is 1. The van der Waals surface area contributed by atoms with Gasteiger partial charge >= 0.3 is 0 Å². The summed E-state index contributed by atoms with van der Waals surface area (Å²) in [7, 11) is 1.97. The van der Waals surface area contributed by atoms with Crippen LogP contribution < -0.4 is 5.32 Å². The van der Waals surface area contributed by atoms with Gasteiger partial charge in [-0.3, -0.25) is 0 Å². The third-order valence-electron chi connectivity index (χ3n) is 2.82. The monoisotopic (exact) mass is 359 g/mol. The maximum atomic E-state index is 5.93. The molecular weight excluding hydrogens is 346 g/mol. The molecule has 0 fully saturated rings. The molecule has 0 radical (unpaired) electrons. The van der Waals surface area contributed by atoms with Crippen molar-refractivity contribution in [3.8, 4) is 0 Å². The van der Waals surface area contributed by atoms with Gasteiger partial charge in [0, 0.05) is 9.86 Å². The quantitative estimate of drug-likeness (QED) is 0.828. The number of hydrogen-bond donors (Lipinski definition) is 1. The summed E-state index contributed by atoms with van der Waals surface area (Å²) >= 11 is 7.02. The molecule has 1 heterocycles. The van der Waals surface area contributed by atoms with E-state index in [4.69, 9.17) is 4.42 Å². The van der Waals surface area contributed by atoms with Crippen molar-refractivity contribution in [2.75, 3.05) is 7.05 Å². The fourth-order valence-corrected chi connectivity index (χ4v) is 3.32. The zero-order chi connectivity index (χ0) is 12.4. The highest BCUT2D eigenvalue weighted by Crippen LogP contribution is 2.33. The summed E-state index contributed by atoms with van der Waals surface area (Å²) < 4.78 is 7.97. The molecule has 0 bridgehead atoms. The number of fused-ring (bicyclic) bond motifs is 1. The lowest BCUT2D eigenvalue weighted by molar-refractivity contribution is 0.429. The first kappa shape index (κ1) is 13.1. The van der Waals surface area contributed by atoms with Crippen LogP contribution in [-0.4, -0.2) is 7.05 Å². The molecule has 0 saturated heterocycles. The Labute approximate surface area is 118 Å². The van der Waals surface area contributed by atoms with E-state index in [1.165, 1.54) is 0 Å². The lowest BCUT2D eigenvalue weighted by Gasteiger charge is -2.11. The Hall–Kier alpha value is -0.320. The summed E-state index contributed by atoms with van der Waals surface area (Å²) in [5.41, 5.74) is 0.916. The van der Waals surface area contributed by atoms with Crippen LogP contribution in [0.1, 0.15) is 31.6 Å². The third kappa shape index (κ3) is 2.75. The van der Waals surface area contributed by atoms with E-state index in [-0.39, 0.29) is 6.04 Å². The molecule has 2 aromatic rings. The van der Waals surface area contributed by atoms with E-state index in [9.17, 15) is 0 Å². The van der Waals surface area contributed by atoms with Crippen molar-refractivity contribution in [2.45, 2.75) is 25.8 Å². The molecule has 1 aromatic carbocycles. The van der Waals surface area contributed by atoms with E-state index in [2.05, 4.69) is 56.2 Å². The maximum Gasteiger partial charge on any atom is 0.148 e. The van der Waals surface area contributed by atoms with Gasteiger partial charge in [0.1, 0.15) is 11.3 Å². The lowest BCUT2D eigenvalue weighted by atomic mass is 10.1. The number of rotatable bonds is 4. The lowest BCUT2D eigenvalue weighted by Crippen LogP contribution is -2.15. The molecule has 0 spiro atoms. The van der Waals surface area contributed by atoms with Crippen molar-refractivity contribution in [1.82, 2.24) is 5.32 Å². The predicted octanol–water partition coefficient (Wildman–Crippen LogP) is 5.02. The van der Waals surface area contributed by atoms with Gasteiger partial charge in [-0.1, -0.05) is 29.3 Å². The average molecular weight is 361 g/mol. The van der Waals surface area contributed by atoms with Crippen molar-refractivity contribution < 1.29 is 4.42 Å². The van der Waals surface area contributed by atoms with E-state index < -0.39 is 0 Å². The molecule has 2 rings (SSSR count). The molecule has 17 heavy (non-hydrogen) atoms. The second-order valence-electron chi connectivity index (χ2n) is 4.08. The van der Waals surface area contributed by atoms with Gasteiger partial charge in [0.25, 0.3) is 0 Å². The zero-order valence-corrected chi connectivity index (χ0v) is 13.1. The molecule has 1 aromatic heterocycles. The molecule has 1 N–H and O–H groups in total. The zero-order valence-electron chi connectivity index (χ0n) is 9.89. The molecular formula is C13H15Br2NO. The van der Waals surface area contributed by atoms with Gasteiger partial charge in [-0.25, -0.2) is 0 Å². The fourth-order valence-electron chi connectivity index (χ4n) is 1.98. The van der Waals surface area contributed by atoms with Crippen LogP contribution in [-0.2, 0) is 0 Å². The van der Waals surface area contributed by atoms with Crippen LogP contribution in [0, 0.1) is 0 Å². The Morgan fingerprint density at radius 3 is 2.71 bits per heavy atom. The van der Waals surface area contributed by atoms with Gasteiger partial charge in [0.15, 0.2) is 0 Å². The van der Waals surface area contributed by atoms with Crippen LogP contribution in [0.25, 0.3) is 11.0 Å². The van der Waals surface area contributed by atoms with E-state index in [0.717, 1.165) is 38.5 Å². The SMILES string of the molecule is CCCC(NC)c1cc2cc(Br)cc(Br)c2o1. The van der Waals surface area contributed by atoms with Crippen LogP contribution in [0.3, 0.4) is 0 Å². The Morgan fingerprint density at radius 2 is 2.06 bits per heavy atom. The highest BCUT2D eigenvalue weighted by Gasteiger charge is 2.15. The number of furan rings is 1. The summed E-state index contributed by atoms with van der Waals surface area (Å²) in [6, 6.07) is 6.48. The minimum atomic E-state index is 0.290. The van der Waals surface area contributed by atoms with E-state index in [1.54, 1.807) is 0 Å². The minimum Gasteiger partial charge on any atom is -0.458 e. The first-order valence-corrected chi connectivity index (χ1v) is 7.30. The molecule has 0 aliphatic carbocycles. The Kier molecular flexibility index (Phi) is 4.28. The normalized spacial score (nSPS) is 13.2. The summed E-state index contributed by atoms with van der Waals surface area (Å²) in [4.78, 5) is 0. The molecule has 1 unspecified atom stereocenters. The van der Waals surface area contributed by atoms with E-state index >= 15 is 0 Å². The van der Waals surface area contributed by atoms with Crippen molar-refractivity contribution in [3.63, 3.8) is 0 Å². The molecule has 0 amide bonds. The van der Waals surface area contributed by atoms with Crippen molar-refractivity contribution in [3.05, 3.63) is 32.9 Å². The largest absolute Gasteiger partial charge is 0.458 e. The van der Waals surface area contributed by atoms with Crippen molar-refractivity contribution >= 4 is 42.8 Å². The topological polar surface area (TPSA) is 25.2 Å². The van der Waals surface area contributed by atoms with Gasteiger partial charge in [-0.05, 0) is 47.6 Å². The van der Waals surface area contributed by atoms with E-state index in [0.29, 0.717) is 0 Å². The van der Waals surface area contributed by atoms with Gasteiger partial charge in [-0.2, -0.15) is 0 Å². The van der Waals surface area contributed by atoms with Gasteiger partial charge in [0.2, 0.25) is 0 Å². The number of halogens is 2. The summed E-state index contributed by atoms with van der Waals surface area (Å²) in [5, 5.41) is 4.42. The standard InChI is InChI=1S/C13H15Br2NO/c1-3-4-11(16-2)12-6-8-5-9(14)7-10(15)13(8)17-12/h5-7,11,16H,3-4H2,1-2H3. The van der Waals surface area contributed by atoms with Crippen LogP contribution >= 0.6 is 31.9 Å². The van der Waals surface area contributed by atoms with Gasteiger partial charge in [-0.15, -0.1) is 0 Å². The maximum absolute atomic E-state index is 5.93. The second kappa shape index (κ2) is 5.55. The van der Waals surface area contributed by atoms with Crippen LogP contribution in [0.5, 0.6) is 0 Å². The first-order chi connectivity index (χ1) is 8.15. The molecule has 1 atom stereocenters. The summed E-state index contributed by atoms with van der Waals surface area (Å²) in [6.07, 6.45) is 2.21. The Morgan fingerprint density at radius 1 is 1.29 bits per heavy atom. The molecule has 92 valence electrons. The molecule has 4 heteroatoms. The van der Waals surface area contributed by atoms with Crippen LogP contribution in [0.4, 0.5) is 0 Å². The number of benzene rings is 1. The highest BCUT2D eigenvalue weighted by molar-refractivity contribution is 9.11. The molecule has 0 aliphatic heterocycles. The second-order valence-corrected chi connectivity index (χ2v) is 5.85. The third-order valence-corrected chi connectivity index (χ3v) is 3.87. The average Bonchev–Trinajstić information content (AvgIpc) is 2.69. The van der Waals surface area contributed by atoms with Gasteiger partial charge in [0.05, 0.1) is 10.5 Å². The predicted molar refractivity (Wildman–Crippen MR) is 78.3 cm³/mol. The van der Waals surface area contributed by atoms with Crippen molar-refractivity contribution in [1.29, 1.82) is 0 Å². The minimum absolute atomic E-state index is 0.290. The summed E-state index contributed by atoms with van der Waals surface area (Å²) in [6.45, 7) is 2.18. The Bertz CT molecular complexity index is 521. The highest BCUT2D eigenvalue weighted by atomic mass is 79.9. The first-order valence-electron chi connectivity index (χ1n) is 5.71. The fraction of sp³-hybridized carbons (Fsp3) is 0.385. The number of hydrogen-bond acceptors (Lipinski definition) is 2. The summed E-state index contributed by atoms with van der Waals surface area (Å²) in [5.74, 6) is 1.00.